The van der Waals surface area contributed by atoms with Crippen LogP contribution in [0.2, 0.25) is 5.02 Å². The van der Waals surface area contributed by atoms with E-state index in [1.807, 2.05) is 0 Å². The van der Waals surface area contributed by atoms with E-state index in [2.05, 4.69) is 20.7 Å². The number of amides is 2. The quantitative estimate of drug-likeness (QED) is 0.404. The Balaban J connectivity index is 1.95. The van der Waals surface area contributed by atoms with Gasteiger partial charge in [0.05, 0.1) is 6.61 Å². The van der Waals surface area contributed by atoms with E-state index < -0.39 is 42.5 Å². The first kappa shape index (κ1) is 27.6. The molecule has 0 aliphatic carbocycles. The Morgan fingerprint density at radius 3 is 2.35 bits per heavy atom. The summed E-state index contributed by atoms with van der Waals surface area (Å²) >= 11 is 5.93. The van der Waals surface area contributed by atoms with E-state index in [0.717, 1.165) is 9.70 Å². The summed E-state index contributed by atoms with van der Waals surface area (Å²) in [6.07, 6.45) is 0. The summed E-state index contributed by atoms with van der Waals surface area (Å²) < 4.78 is 5.06. The molecule has 0 saturated heterocycles. The Hall–Kier alpha value is -3.99. The summed E-state index contributed by atoms with van der Waals surface area (Å²) in [6.45, 7) is 6.26. The third-order valence-electron chi connectivity index (χ3n) is 5.02. The fourth-order valence-electron chi connectivity index (χ4n) is 3.47. The van der Waals surface area contributed by atoms with E-state index in [1.165, 1.54) is 24.3 Å². The van der Waals surface area contributed by atoms with E-state index in [-0.39, 0.29) is 18.2 Å². The summed E-state index contributed by atoms with van der Waals surface area (Å²) in [4.78, 5) is 41.6. The van der Waals surface area contributed by atoms with Crippen molar-refractivity contribution in [2.45, 2.75) is 45.8 Å². The highest BCUT2D eigenvalue weighted by Gasteiger charge is 2.35. The zero-order chi connectivity index (χ0) is 27.2. The number of aromatic hydroxyl groups is 1. The lowest BCUT2D eigenvalue weighted by atomic mass is 10.0. The molecule has 196 valence electrons. The zero-order valence-corrected chi connectivity index (χ0v) is 21.8. The number of hydrogen-bond acceptors (Lipinski definition) is 8. The van der Waals surface area contributed by atoms with Gasteiger partial charge >= 0.3 is 5.97 Å². The van der Waals surface area contributed by atoms with Crippen LogP contribution in [0.25, 0.3) is 11.4 Å². The van der Waals surface area contributed by atoms with Gasteiger partial charge in [-0.15, -0.1) is 10.2 Å². The van der Waals surface area contributed by atoms with E-state index in [9.17, 15) is 19.5 Å². The molecule has 2 aromatic carbocycles. The topological polar surface area (TPSA) is 140 Å². The average Bonchev–Trinajstić information content (AvgIpc) is 3.27. The molecule has 0 bridgehead atoms. The molecular weight excluding hydrogens is 500 g/mol. The first-order valence-corrected chi connectivity index (χ1v) is 11.9. The predicted octanol–water partition coefficient (Wildman–Crippen LogP) is 2.75. The standard InChI is InChI=1S/C25H29ClN6O5/c1-5-37-21(35)15-31(22(24(36)27-25(2,3)4)16-8-12-19(33)13-9-16)20(34)14-32-29-23(28-30-32)17-6-10-18(26)11-7-17/h6-13,22,33H,5,14-15H2,1-4H3,(H,27,36)/t22-/m1/s1. The minimum atomic E-state index is -1.20. The lowest BCUT2D eigenvalue weighted by Gasteiger charge is -2.33. The van der Waals surface area contributed by atoms with Gasteiger partial charge in [0.15, 0.2) is 0 Å². The number of rotatable bonds is 9. The molecule has 0 saturated carbocycles. The Morgan fingerprint density at radius 1 is 1.11 bits per heavy atom. The molecule has 12 heteroatoms. The Labute approximate surface area is 219 Å². The smallest absolute Gasteiger partial charge is 0.325 e. The van der Waals surface area contributed by atoms with Crippen LogP contribution in [0.5, 0.6) is 5.75 Å². The summed E-state index contributed by atoms with van der Waals surface area (Å²) in [5.41, 5.74) is 0.426. The summed E-state index contributed by atoms with van der Waals surface area (Å²) in [7, 11) is 0. The van der Waals surface area contributed by atoms with Crippen LogP contribution in [0.15, 0.2) is 48.5 Å². The number of phenols is 1. The van der Waals surface area contributed by atoms with Gasteiger partial charge in [-0.05, 0) is 74.9 Å². The monoisotopic (exact) mass is 528 g/mol. The normalized spacial score (nSPS) is 12.0. The van der Waals surface area contributed by atoms with Crippen molar-refractivity contribution in [1.82, 2.24) is 30.4 Å². The molecule has 0 fully saturated rings. The highest BCUT2D eigenvalue weighted by atomic mass is 35.5. The van der Waals surface area contributed by atoms with Gasteiger partial charge in [0.2, 0.25) is 17.6 Å². The van der Waals surface area contributed by atoms with Gasteiger partial charge in [0, 0.05) is 16.1 Å². The number of tetrazole rings is 1. The van der Waals surface area contributed by atoms with Crippen LogP contribution < -0.4 is 5.32 Å². The van der Waals surface area contributed by atoms with Crippen molar-refractivity contribution in [1.29, 1.82) is 0 Å². The Kier molecular flexibility index (Phi) is 8.82. The predicted molar refractivity (Wildman–Crippen MR) is 135 cm³/mol. The fourth-order valence-corrected chi connectivity index (χ4v) is 3.60. The van der Waals surface area contributed by atoms with Gasteiger partial charge < -0.3 is 20.1 Å². The molecule has 1 aromatic heterocycles. The maximum atomic E-state index is 13.5. The molecule has 2 amide bonds. The second kappa shape index (κ2) is 11.8. The fraction of sp³-hybridized carbons (Fsp3) is 0.360. The summed E-state index contributed by atoms with van der Waals surface area (Å²) in [6, 6.07) is 11.4. The highest BCUT2D eigenvalue weighted by Crippen LogP contribution is 2.25. The van der Waals surface area contributed by atoms with E-state index in [4.69, 9.17) is 16.3 Å². The van der Waals surface area contributed by atoms with Crippen LogP contribution >= 0.6 is 11.6 Å². The van der Waals surface area contributed by atoms with Crippen LogP contribution in [0, 0.1) is 0 Å². The third kappa shape index (κ3) is 7.74. The molecule has 1 atom stereocenters. The van der Waals surface area contributed by atoms with Gasteiger partial charge in [0.1, 0.15) is 24.9 Å². The molecule has 3 rings (SSSR count). The SMILES string of the molecule is CCOC(=O)CN(C(=O)Cn1nnc(-c2ccc(Cl)cc2)n1)[C@@H](C(=O)NC(C)(C)C)c1ccc(O)cc1. The van der Waals surface area contributed by atoms with Crippen molar-refractivity contribution in [2.75, 3.05) is 13.2 Å². The number of nitrogens with one attached hydrogen (secondary N) is 1. The van der Waals surface area contributed by atoms with Crippen molar-refractivity contribution >= 4 is 29.4 Å². The number of halogens is 1. The van der Waals surface area contributed by atoms with Gasteiger partial charge in [0.25, 0.3) is 0 Å². The number of nitrogens with zero attached hydrogens (tertiary/aromatic N) is 5. The van der Waals surface area contributed by atoms with E-state index >= 15 is 0 Å². The first-order chi connectivity index (χ1) is 17.5. The molecule has 37 heavy (non-hydrogen) atoms. The Morgan fingerprint density at radius 2 is 1.76 bits per heavy atom. The molecule has 0 aliphatic rings. The molecule has 0 spiro atoms. The first-order valence-electron chi connectivity index (χ1n) is 11.6. The molecule has 11 nitrogen and oxygen atoms in total. The second-order valence-corrected chi connectivity index (χ2v) is 9.65. The number of ether oxygens (including phenoxy) is 1. The Bertz CT molecular complexity index is 1240. The van der Waals surface area contributed by atoms with Crippen molar-refractivity contribution in [2.24, 2.45) is 0 Å². The van der Waals surface area contributed by atoms with Crippen molar-refractivity contribution in [3.63, 3.8) is 0 Å². The molecular formula is C25H29ClN6O5. The number of carbonyl (C=O) groups is 3. The van der Waals surface area contributed by atoms with Gasteiger partial charge in [-0.25, -0.2) is 0 Å². The molecule has 0 unspecified atom stereocenters. The van der Waals surface area contributed by atoms with Gasteiger partial charge in [-0.1, -0.05) is 23.7 Å². The number of phenolic OH excluding ortho intramolecular Hbond substituents is 1. The largest absolute Gasteiger partial charge is 0.508 e. The van der Waals surface area contributed by atoms with Crippen molar-refractivity contribution < 1.29 is 24.2 Å². The van der Waals surface area contributed by atoms with Crippen molar-refractivity contribution in [3.05, 3.63) is 59.1 Å². The number of esters is 1. The molecule has 0 aliphatic heterocycles. The maximum Gasteiger partial charge on any atom is 0.325 e. The van der Waals surface area contributed by atoms with Crippen LogP contribution in [-0.2, 0) is 25.7 Å². The molecule has 0 radical (unpaired) electrons. The van der Waals surface area contributed by atoms with E-state index in [1.54, 1.807) is 52.0 Å². The van der Waals surface area contributed by atoms with Gasteiger partial charge in [-0.2, -0.15) is 4.80 Å². The lowest BCUT2D eigenvalue weighted by Crippen LogP contribution is -2.51. The van der Waals surface area contributed by atoms with Crippen molar-refractivity contribution in [3.8, 4) is 17.1 Å². The number of hydrogen-bond donors (Lipinski definition) is 2. The van der Waals surface area contributed by atoms with Crippen LogP contribution in [0.4, 0.5) is 0 Å². The number of carbonyl (C=O) groups excluding carboxylic acids is 3. The molecule has 3 aromatic rings. The van der Waals surface area contributed by atoms with Gasteiger partial charge in [-0.3, -0.25) is 14.4 Å². The number of benzene rings is 2. The summed E-state index contributed by atoms with van der Waals surface area (Å²) in [5.74, 6) is -1.54. The molecule has 2 N–H and O–H groups in total. The minimum Gasteiger partial charge on any atom is -0.508 e. The highest BCUT2D eigenvalue weighted by molar-refractivity contribution is 6.30. The van der Waals surface area contributed by atoms with Crippen LogP contribution in [0.3, 0.4) is 0 Å². The third-order valence-corrected chi connectivity index (χ3v) is 5.28. The average molecular weight is 529 g/mol. The molecule has 1 heterocycles. The summed E-state index contributed by atoms with van der Waals surface area (Å²) in [5, 5.41) is 25.3. The number of aromatic nitrogens is 4. The minimum absolute atomic E-state index is 0.0106. The maximum absolute atomic E-state index is 13.5. The van der Waals surface area contributed by atoms with Crippen LogP contribution in [-0.4, -0.2) is 66.7 Å². The van der Waals surface area contributed by atoms with E-state index in [0.29, 0.717) is 16.1 Å². The zero-order valence-electron chi connectivity index (χ0n) is 21.0. The van der Waals surface area contributed by atoms with Crippen LogP contribution in [0.1, 0.15) is 39.3 Å². The second-order valence-electron chi connectivity index (χ2n) is 9.21. The lowest BCUT2D eigenvalue weighted by molar-refractivity contribution is -0.153.